The first-order valence-corrected chi connectivity index (χ1v) is 8.69. The van der Waals surface area contributed by atoms with E-state index in [0.717, 1.165) is 17.2 Å². The molecule has 3 rings (SSSR count). The van der Waals surface area contributed by atoms with Gasteiger partial charge in [0, 0.05) is 22.8 Å². The van der Waals surface area contributed by atoms with E-state index in [-0.39, 0.29) is 0 Å². The van der Waals surface area contributed by atoms with Crippen molar-refractivity contribution in [2.75, 3.05) is 11.6 Å². The third-order valence-electron chi connectivity index (χ3n) is 4.12. The number of hydrogen-bond donors (Lipinski definition) is 1. The number of nitrogens with zero attached hydrogens (tertiary/aromatic N) is 2. The van der Waals surface area contributed by atoms with E-state index in [1.165, 1.54) is 32.1 Å². The van der Waals surface area contributed by atoms with Crippen LogP contribution >= 0.6 is 23.4 Å². The molecule has 0 aromatic carbocycles. The number of thioether (sulfide) groups is 1. The average Bonchev–Trinajstić information content (AvgIpc) is 3.15. The number of halogens is 1. The summed E-state index contributed by atoms with van der Waals surface area (Å²) >= 11 is 8.20. The fraction of sp³-hybridized carbons (Fsp3) is 0.714. The first-order valence-electron chi connectivity index (χ1n) is 7.02. The van der Waals surface area contributed by atoms with Gasteiger partial charge >= 0.3 is 0 Å². The summed E-state index contributed by atoms with van der Waals surface area (Å²) < 4.78 is 0. The van der Waals surface area contributed by atoms with Crippen LogP contribution in [0, 0.1) is 6.92 Å². The van der Waals surface area contributed by atoms with Crippen molar-refractivity contribution >= 4 is 29.2 Å². The summed E-state index contributed by atoms with van der Waals surface area (Å²) in [5, 5.41) is 4.92. The lowest BCUT2D eigenvalue weighted by Gasteiger charge is -2.21. The van der Waals surface area contributed by atoms with E-state index < -0.39 is 0 Å². The average molecular weight is 298 g/mol. The van der Waals surface area contributed by atoms with E-state index in [1.54, 1.807) is 0 Å². The molecule has 1 aromatic rings. The second-order valence-electron chi connectivity index (χ2n) is 5.58. The van der Waals surface area contributed by atoms with Crippen molar-refractivity contribution in [1.29, 1.82) is 0 Å². The Kier molecular flexibility index (Phi) is 3.90. The van der Waals surface area contributed by atoms with Gasteiger partial charge in [0.2, 0.25) is 0 Å². The predicted molar refractivity (Wildman–Crippen MR) is 82.3 cm³/mol. The quantitative estimate of drug-likeness (QED) is 0.852. The molecule has 2 aliphatic carbocycles. The van der Waals surface area contributed by atoms with Gasteiger partial charge in [0.1, 0.15) is 16.8 Å². The van der Waals surface area contributed by atoms with Crippen molar-refractivity contribution in [3.8, 4) is 0 Å². The molecule has 1 aromatic heterocycles. The monoisotopic (exact) mass is 297 g/mol. The highest BCUT2D eigenvalue weighted by Crippen LogP contribution is 2.40. The van der Waals surface area contributed by atoms with Crippen LogP contribution in [-0.4, -0.2) is 27.5 Å². The highest BCUT2D eigenvalue weighted by molar-refractivity contribution is 7.99. The van der Waals surface area contributed by atoms with Crippen molar-refractivity contribution in [2.45, 2.75) is 56.2 Å². The molecule has 0 bridgehead atoms. The normalized spacial score (nSPS) is 26.7. The van der Waals surface area contributed by atoms with E-state index in [4.69, 9.17) is 16.6 Å². The molecular weight excluding hydrogens is 278 g/mol. The summed E-state index contributed by atoms with van der Waals surface area (Å²) in [7, 11) is 0. The molecule has 2 fully saturated rings. The van der Waals surface area contributed by atoms with Gasteiger partial charge in [-0.25, -0.2) is 9.97 Å². The Morgan fingerprint density at radius 3 is 2.68 bits per heavy atom. The maximum atomic E-state index is 6.25. The third kappa shape index (κ3) is 2.84. The van der Waals surface area contributed by atoms with Gasteiger partial charge in [0.05, 0.1) is 0 Å². The molecule has 2 saturated carbocycles. The van der Waals surface area contributed by atoms with E-state index in [0.29, 0.717) is 22.4 Å². The smallest absolute Gasteiger partial charge is 0.137 e. The van der Waals surface area contributed by atoms with E-state index in [1.807, 2.05) is 18.7 Å². The fourth-order valence-electron chi connectivity index (χ4n) is 2.72. The number of aromatic nitrogens is 2. The molecule has 0 amide bonds. The second kappa shape index (κ2) is 5.49. The van der Waals surface area contributed by atoms with Gasteiger partial charge in [-0.3, -0.25) is 0 Å². The molecule has 0 saturated heterocycles. The summed E-state index contributed by atoms with van der Waals surface area (Å²) in [5.74, 6) is 2.42. The van der Waals surface area contributed by atoms with Crippen molar-refractivity contribution in [2.24, 2.45) is 0 Å². The van der Waals surface area contributed by atoms with Crippen LogP contribution in [-0.2, 0) is 0 Å². The molecule has 5 heteroatoms. The van der Waals surface area contributed by atoms with E-state index in [2.05, 4.69) is 16.6 Å². The minimum Gasteiger partial charge on any atom is -0.366 e. The van der Waals surface area contributed by atoms with Crippen molar-refractivity contribution in [3.05, 3.63) is 16.5 Å². The SMILES string of the molecule is CSC1CCCC1Nc1nc(C2CC2)nc(Cl)c1C. The number of nitrogens with one attached hydrogen (secondary N) is 1. The predicted octanol–water partition coefficient (Wildman–Crippen LogP) is 4.01. The summed E-state index contributed by atoms with van der Waals surface area (Å²) in [6.07, 6.45) is 8.43. The zero-order chi connectivity index (χ0) is 13.4. The molecule has 19 heavy (non-hydrogen) atoms. The Hall–Kier alpha value is -0.480. The minimum atomic E-state index is 0.520. The standard InChI is InChI=1S/C14H20ClN3S/c1-8-12(15)17-14(9-6-7-9)18-13(8)16-10-4-3-5-11(10)19-2/h9-11H,3-7H2,1-2H3,(H,16,17,18). The number of anilines is 1. The van der Waals surface area contributed by atoms with Crippen LogP contribution in [0.25, 0.3) is 0 Å². The van der Waals surface area contributed by atoms with Crippen LogP contribution < -0.4 is 5.32 Å². The molecule has 2 unspecified atom stereocenters. The molecule has 0 spiro atoms. The highest BCUT2D eigenvalue weighted by Gasteiger charge is 2.30. The van der Waals surface area contributed by atoms with Crippen molar-refractivity contribution < 1.29 is 0 Å². The highest BCUT2D eigenvalue weighted by atomic mass is 35.5. The van der Waals surface area contributed by atoms with Crippen LogP contribution in [0.1, 0.15) is 49.4 Å². The molecule has 0 radical (unpaired) electrons. The van der Waals surface area contributed by atoms with Gasteiger partial charge < -0.3 is 5.32 Å². The van der Waals surface area contributed by atoms with Gasteiger partial charge in [-0.15, -0.1) is 0 Å². The number of rotatable bonds is 4. The Labute approximate surface area is 123 Å². The third-order valence-corrected chi connectivity index (χ3v) is 5.66. The van der Waals surface area contributed by atoms with Gasteiger partial charge in [-0.2, -0.15) is 11.8 Å². The Morgan fingerprint density at radius 1 is 1.21 bits per heavy atom. The van der Waals surface area contributed by atoms with Crippen LogP contribution in [0.2, 0.25) is 5.15 Å². The van der Waals surface area contributed by atoms with Gasteiger partial charge in [0.25, 0.3) is 0 Å². The van der Waals surface area contributed by atoms with Gasteiger partial charge in [-0.1, -0.05) is 18.0 Å². The van der Waals surface area contributed by atoms with Crippen LogP contribution in [0.15, 0.2) is 0 Å². The second-order valence-corrected chi connectivity index (χ2v) is 7.01. The topological polar surface area (TPSA) is 37.8 Å². The van der Waals surface area contributed by atoms with Crippen LogP contribution in [0.5, 0.6) is 0 Å². The molecule has 0 aliphatic heterocycles. The Balaban J connectivity index is 1.83. The maximum Gasteiger partial charge on any atom is 0.137 e. The van der Waals surface area contributed by atoms with Crippen molar-refractivity contribution in [3.63, 3.8) is 0 Å². The van der Waals surface area contributed by atoms with Crippen LogP contribution in [0.4, 0.5) is 5.82 Å². The number of hydrogen-bond acceptors (Lipinski definition) is 4. The molecule has 2 atom stereocenters. The largest absolute Gasteiger partial charge is 0.366 e. The molecule has 2 aliphatic rings. The molecule has 104 valence electrons. The first kappa shape index (κ1) is 13.5. The fourth-order valence-corrected chi connectivity index (χ4v) is 3.83. The van der Waals surface area contributed by atoms with Gasteiger partial charge in [0.15, 0.2) is 0 Å². The summed E-state index contributed by atoms with van der Waals surface area (Å²) in [6.45, 7) is 2.00. The lowest BCUT2D eigenvalue weighted by molar-refractivity contribution is 0.756. The summed E-state index contributed by atoms with van der Waals surface area (Å²) in [5.41, 5.74) is 0.984. The minimum absolute atomic E-state index is 0.520. The molecule has 1 heterocycles. The van der Waals surface area contributed by atoms with Gasteiger partial charge in [-0.05, 0) is 38.9 Å². The Bertz CT molecular complexity index is 476. The zero-order valence-electron chi connectivity index (χ0n) is 11.4. The summed E-state index contributed by atoms with van der Waals surface area (Å²) in [6, 6.07) is 0.520. The molecular formula is C14H20ClN3S. The maximum absolute atomic E-state index is 6.25. The first-order chi connectivity index (χ1) is 9.19. The van der Waals surface area contributed by atoms with Crippen molar-refractivity contribution in [1.82, 2.24) is 9.97 Å². The molecule has 1 N–H and O–H groups in total. The van der Waals surface area contributed by atoms with E-state index >= 15 is 0 Å². The van der Waals surface area contributed by atoms with E-state index in [9.17, 15) is 0 Å². The lowest BCUT2D eigenvalue weighted by Crippen LogP contribution is -2.27. The Morgan fingerprint density at radius 2 is 2.00 bits per heavy atom. The van der Waals surface area contributed by atoms with Crippen LogP contribution in [0.3, 0.4) is 0 Å². The lowest BCUT2D eigenvalue weighted by atomic mass is 10.2. The molecule has 3 nitrogen and oxygen atoms in total. The summed E-state index contributed by atoms with van der Waals surface area (Å²) in [4.78, 5) is 9.13. The zero-order valence-corrected chi connectivity index (χ0v) is 13.0.